The first-order chi connectivity index (χ1) is 11.7. The summed E-state index contributed by atoms with van der Waals surface area (Å²) in [7, 11) is 3.61. The standard InChI is InChI=1S/C20H31N3O/c1-21-19(22-14-10-17-6-8-18(24-2)9-7-17)23-15-13-20(16-23)11-4-3-5-12-20/h6-9H,3-5,10-16H2,1-2H3,(H,21,22). The number of ether oxygens (including phenoxy) is 1. The number of guanidine groups is 1. The number of benzene rings is 1. The van der Waals surface area contributed by atoms with Gasteiger partial charge >= 0.3 is 0 Å². The van der Waals surface area contributed by atoms with Gasteiger partial charge in [0.05, 0.1) is 7.11 Å². The largest absolute Gasteiger partial charge is 0.497 e. The van der Waals surface area contributed by atoms with Crippen LogP contribution in [0.25, 0.3) is 0 Å². The summed E-state index contributed by atoms with van der Waals surface area (Å²) in [5, 5.41) is 3.56. The molecular formula is C20H31N3O. The highest BCUT2D eigenvalue weighted by Crippen LogP contribution is 2.43. The molecule has 1 aromatic carbocycles. The molecule has 1 aliphatic heterocycles. The van der Waals surface area contributed by atoms with Gasteiger partial charge < -0.3 is 15.0 Å². The number of methoxy groups -OCH3 is 1. The maximum absolute atomic E-state index is 5.21. The van der Waals surface area contributed by atoms with E-state index in [1.165, 1.54) is 50.6 Å². The van der Waals surface area contributed by atoms with Gasteiger partial charge in [0.25, 0.3) is 0 Å². The molecule has 0 unspecified atom stereocenters. The van der Waals surface area contributed by atoms with Gasteiger partial charge in [-0.3, -0.25) is 4.99 Å². The predicted molar refractivity (Wildman–Crippen MR) is 99.8 cm³/mol. The molecule has 2 aliphatic rings. The van der Waals surface area contributed by atoms with Gasteiger partial charge in [-0.1, -0.05) is 31.4 Å². The maximum Gasteiger partial charge on any atom is 0.193 e. The molecule has 1 aromatic rings. The summed E-state index contributed by atoms with van der Waals surface area (Å²) in [5.74, 6) is 1.99. The molecule has 1 spiro atoms. The lowest BCUT2D eigenvalue weighted by atomic mass is 9.73. The molecule has 3 rings (SSSR count). The van der Waals surface area contributed by atoms with Crippen molar-refractivity contribution in [2.45, 2.75) is 44.9 Å². The Labute approximate surface area is 146 Å². The molecule has 4 nitrogen and oxygen atoms in total. The van der Waals surface area contributed by atoms with E-state index in [9.17, 15) is 0 Å². The number of aliphatic imine (C=N–C) groups is 1. The summed E-state index contributed by atoms with van der Waals surface area (Å²) in [6.45, 7) is 3.26. The van der Waals surface area contributed by atoms with Crippen LogP contribution >= 0.6 is 0 Å². The first-order valence-electron chi connectivity index (χ1n) is 9.33. The van der Waals surface area contributed by atoms with E-state index < -0.39 is 0 Å². The van der Waals surface area contributed by atoms with Gasteiger partial charge in [0.1, 0.15) is 5.75 Å². The van der Waals surface area contributed by atoms with Crippen LogP contribution < -0.4 is 10.1 Å². The summed E-state index contributed by atoms with van der Waals surface area (Å²) in [6.07, 6.45) is 9.41. The molecule has 132 valence electrons. The highest BCUT2D eigenvalue weighted by Gasteiger charge is 2.39. The predicted octanol–water partition coefficient (Wildman–Crippen LogP) is 3.47. The fourth-order valence-corrected chi connectivity index (χ4v) is 4.27. The third kappa shape index (κ3) is 4.03. The zero-order chi connectivity index (χ0) is 16.8. The first-order valence-corrected chi connectivity index (χ1v) is 9.33. The Bertz CT molecular complexity index is 547. The Balaban J connectivity index is 1.48. The van der Waals surface area contributed by atoms with Crippen LogP contribution in [0.4, 0.5) is 0 Å². The minimum absolute atomic E-state index is 0.575. The van der Waals surface area contributed by atoms with Crippen molar-refractivity contribution >= 4 is 5.96 Å². The fraction of sp³-hybridized carbons (Fsp3) is 0.650. The van der Waals surface area contributed by atoms with E-state index in [0.717, 1.165) is 31.2 Å². The number of hydrogen-bond acceptors (Lipinski definition) is 2. The minimum atomic E-state index is 0.575. The van der Waals surface area contributed by atoms with Crippen molar-refractivity contribution in [3.05, 3.63) is 29.8 Å². The smallest absolute Gasteiger partial charge is 0.193 e. The minimum Gasteiger partial charge on any atom is -0.497 e. The lowest BCUT2D eigenvalue weighted by Gasteiger charge is -2.33. The Morgan fingerprint density at radius 2 is 1.92 bits per heavy atom. The summed E-state index contributed by atoms with van der Waals surface area (Å²) < 4.78 is 5.21. The van der Waals surface area contributed by atoms with Gasteiger partial charge in [-0.15, -0.1) is 0 Å². The van der Waals surface area contributed by atoms with Crippen molar-refractivity contribution in [2.75, 3.05) is 33.8 Å². The fourth-order valence-electron chi connectivity index (χ4n) is 4.27. The lowest BCUT2D eigenvalue weighted by Crippen LogP contribution is -2.42. The van der Waals surface area contributed by atoms with Crippen molar-refractivity contribution in [3.63, 3.8) is 0 Å². The number of nitrogens with zero attached hydrogens (tertiary/aromatic N) is 2. The van der Waals surface area contributed by atoms with Crippen LogP contribution in [0.5, 0.6) is 5.75 Å². The molecule has 0 bridgehead atoms. The Hall–Kier alpha value is -1.71. The summed E-state index contributed by atoms with van der Waals surface area (Å²) >= 11 is 0. The Morgan fingerprint density at radius 3 is 2.58 bits per heavy atom. The molecule has 1 saturated carbocycles. The van der Waals surface area contributed by atoms with Crippen molar-refractivity contribution in [3.8, 4) is 5.75 Å². The van der Waals surface area contributed by atoms with Gasteiger partial charge in [-0.25, -0.2) is 0 Å². The van der Waals surface area contributed by atoms with Crippen LogP contribution in [0.15, 0.2) is 29.3 Å². The number of nitrogens with one attached hydrogen (secondary N) is 1. The zero-order valence-electron chi connectivity index (χ0n) is 15.2. The van der Waals surface area contributed by atoms with Crippen molar-refractivity contribution < 1.29 is 4.74 Å². The van der Waals surface area contributed by atoms with E-state index in [0.29, 0.717) is 5.41 Å². The first kappa shape index (κ1) is 17.1. The van der Waals surface area contributed by atoms with E-state index in [1.807, 2.05) is 19.2 Å². The lowest BCUT2D eigenvalue weighted by molar-refractivity contribution is 0.203. The second-order valence-electron chi connectivity index (χ2n) is 7.30. The molecule has 0 amide bonds. The highest BCUT2D eigenvalue weighted by molar-refractivity contribution is 5.80. The van der Waals surface area contributed by atoms with E-state index in [1.54, 1.807) is 7.11 Å². The van der Waals surface area contributed by atoms with Crippen LogP contribution in [0.3, 0.4) is 0 Å². The maximum atomic E-state index is 5.21. The number of rotatable bonds is 4. The van der Waals surface area contributed by atoms with Crippen LogP contribution in [0, 0.1) is 5.41 Å². The second-order valence-corrected chi connectivity index (χ2v) is 7.30. The van der Waals surface area contributed by atoms with E-state index in [4.69, 9.17) is 4.74 Å². The molecule has 0 aromatic heterocycles. The summed E-state index contributed by atoms with van der Waals surface area (Å²) in [6, 6.07) is 8.32. The van der Waals surface area contributed by atoms with Crippen molar-refractivity contribution in [1.29, 1.82) is 0 Å². The summed E-state index contributed by atoms with van der Waals surface area (Å²) in [5.41, 5.74) is 1.90. The van der Waals surface area contributed by atoms with E-state index in [-0.39, 0.29) is 0 Å². The highest BCUT2D eigenvalue weighted by atomic mass is 16.5. The van der Waals surface area contributed by atoms with Gasteiger partial charge in [0.2, 0.25) is 0 Å². The van der Waals surface area contributed by atoms with Gasteiger partial charge in [0.15, 0.2) is 5.96 Å². The Morgan fingerprint density at radius 1 is 1.17 bits per heavy atom. The molecule has 24 heavy (non-hydrogen) atoms. The van der Waals surface area contributed by atoms with E-state index in [2.05, 4.69) is 27.3 Å². The molecular weight excluding hydrogens is 298 g/mol. The molecule has 1 aliphatic carbocycles. The monoisotopic (exact) mass is 329 g/mol. The number of likely N-dealkylation sites (tertiary alicyclic amines) is 1. The van der Waals surface area contributed by atoms with Crippen molar-refractivity contribution in [1.82, 2.24) is 10.2 Å². The zero-order valence-corrected chi connectivity index (χ0v) is 15.2. The van der Waals surface area contributed by atoms with Gasteiger partial charge in [-0.05, 0) is 48.8 Å². The molecule has 1 N–H and O–H groups in total. The van der Waals surface area contributed by atoms with E-state index >= 15 is 0 Å². The molecule has 0 radical (unpaired) electrons. The normalized spacial score (nSPS) is 20.4. The third-order valence-corrected chi connectivity index (χ3v) is 5.72. The van der Waals surface area contributed by atoms with Gasteiger partial charge in [-0.2, -0.15) is 0 Å². The van der Waals surface area contributed by atoms with Crippen molar-refractivity contribution in [2.24, 2.45) is 10.4 Å². The second kappa shape index (κ2) is 7.91. The average molecular weight is 329 g/mol. The molecule has 2 fully saturated rings. The average Bonchev–Trinajstić information content (AvgIpc) is 3.03. The topological polar surface area (TPSA) is 36.9 Å². The summed E-state index contributed by atoms with van der Waals surface area (Å²) in [4.78, 5) is 6.99. The molecule has 4 heteroatoms. The third-order valence-electron chi connectivity index (χ3n) is 5.72. The van der Waals surface area contributed by atoms with Crippen LogP contribution in [-0.4, -0.2) is 44.7 Å². The Kier molecular flexibility index (Phi) is 5.64. The van der Waals surface area contributed by atoms with Crippen LogP contribution in [0.2, 0.25) is 0 Å². The SMILES string of the molecule is CN=C(NCCc1ccc(OC)cc1)N1CCC2(CCCCC2)C1. The molecule has 1 heterocycles. The molecule has 0 atom stereocenters. The molecule has 1 saturated heterocycles. The van der Waals surface area contributed by atoms with Crippen LogP contribution in [0.1, 0.15) is 44.1 Å². The quantitative estimate of drug-likeness (QED) is 0.679. The van der Waals surface area contributed by atoms with Crippen LogP contribution in [-0.2, 0) is 6.42 Å². The van der Waals surface area contributed by atoms with Gasteiger partial charge in [0, 0.05) is 26.7 Å². The number of hydrogen-bond donors (Lipinski definition) is 1.